The minimum Gasteiger partial charge on any atom is -0.456 e. The Morgan fingerprint density at radius 2 is 0.875 bits per heavy atom. The zero-order chi connectivity index (χ0) is 31.3. The van der Waals surface area contributed by atoms with Gasteiger partial charge in [0.25, 0.3) is 0 Å². The zero-order valence-electron chi connectivity index (χ0n) is 25.8. The second-order valence-electron chi connectivity index (χ2n) is 12.7. The lowest BCUT2D eigenvalue weighted by Gasteiger charge is -2.21. The van der Waals surface area contributed by atoms with Crippen molar-refractivity contribution in [3.8, 4) is 33.4 Å². The molecule has 48 heavy (non-hydrogen) atoms. The molecule has 0 aliphatic carbocycles. The Balaban J connectivity index is 1.27. The summed E-state index contributed by atoms with van der Waals surface area (Å²) in [7, 11) is 0. The number of fused-ring (bicyclic) bond motifs is 5. The van der Waals surface area contributed by atoms with Gasteiger partial charge in [-0.25, -0.2) is 0 Å². The number of hydrogen-bond acceptors (Lipinski definition) is 2. The number of hydrogen-bond donors (Lipinski definition) is 0. The number of furan rings is 1. The second-order valence-corrected chi connectivity index (χ2v) is 13.8. The zero-order valence-corrected chi connectivity index (χ0v) is 26.6. The third kappa shape index (κ3) is 3.50. The van der Waals surface area contributed by atoms with E-state index in [0.29, 0.717) is 0 Å². The molecular formula is C46H26OS. The standard InChI is InChI=1S/C46H26OS/c1-2-15-30(28(13-1)36-21-10-22-37-29-14-7-8-25-41(29)48-46(36)37)43-31-16-3-5-18-33(31)44(34-19-6-4-17-32(34)43)38-26-27-12-9-23-39-42(27)45-35(38)20-11-24-40(45)47-39/h1-26H. The first kappa shape index (κ1) is 26.1. The van der Waals surface area contributed by atoms with E-state index in [-0.39, 0.29) is 0 Å². The molecule has 0 atom stereocenters. The van der Waals surface area contributed by atoms with Crippen LogP contribution in [0.4, 0.5) is 0 Å². The van der Waals surface area contributed by atoms with Gasteiger partial charge in [-0.15, -0.1) is 11.3 Å². The molecule has 0 saturated heterocycles. The van der Waals surface area contributed by atoms with Crippen molar-refractivity contribution in [1.29, 1.82) is 0 Å². The molecule has 0 amide bonds. The average molecular weight is 627 g/mol. The predicted molar refractivity (Wildman–Crippen MR) is 207 cm³/mol. The third-order valence-electron chi connectivity index (χ3n) is 10.2. The van der Waals surface area contributed by atoms with E-state index >= 15 is 0 Å². The predicted octanol–water partition coefficient (Wildman–Crippen LogP) is 13.9. The van der Waals surface area contributed by atoms with Crippen LogP contribution < -0.4 is 0 Å². The Hall–Kier alpha value is -5.96. The molecule has 9 aromatic carbocycles. The summed E-state index contributed by atoms with van der Waals surface area (Å²) in [6, 6.07) is 57.8. The van der Waals surface area contributed by atoms with Crippen LogP contribution >= 0.6 is 11.3 Å². The fourth-order valence-electron chi connectivity index (χ4n) is 8.28. The van der Waals surface area contributed by atoms with E-state index in [4.69, 9.17) is 4.42 Å². The average Bonchev–Trinajstić information content (AvgIpc) is 3.72. The van der Waals surface area contributed by atoms with Crippen molar-refractivity contribution in [2.75, 3.05) is 0 Å². The van der Waals surface area contributed by atoms with Crippen LogP contribution in [0.25, 0.3) is 108 Å². The van der Waals surface area contributed by atoms with E-state index < -0.39 is 0 Å². The first-order valence-electron chi connectivity index (χ1n) is 16.4. The summed E-state index contributed by atoms with van der Waals surface area (Å²) in [4.78, 5) is 0. The molecule has 1 nitrogen and oxygen atoms in total. The number of benzene rings is 9. The van der Waals surface area contributed by atoms with Crippen LogP contribution in [0, 0.1) is 0 Å². The summed E-state index contributed by atoms with van der Waals surface area (Å²) in [5, 5.41) is 12.5. The molecule has 0 saturated carbocycles. The normalized spacial score (nSPS) is 12.2. The highest BCUT2D eigenvalue weighted by Gasteiger charge is 2.23. The van der Waals surface area contributed by atoms with Crippen molar-refractivity contribution in [2.24, 2.45) is 0 Å². The SMILES string of the molecule is c1ccc(-c2cccc3c2sc2ccccc23)c(-c2c3ccccc3c(-c3cc4cccc5oc6cccc3c6c45)c3ccccc23)c1. The monoisotopic (exact) mass is 626 g/mol. The molecule has 0 aliphatic rings. The van der Waals surface area contributed by atoms with Gasteiger partial charge in [0.15, 0.2) is 0 Å². The Kier molecular flexibility index (Phi) is 5.32. The van der Waals surface area contributed by atoms with Gasteiger partial charge in [0.05, 0.1) is 0 Å². The molecule has 0 aliphatic heterocycles. The molecule has 0 radical (unpaired) electrons. The van der Waals surface area contributed by atoms with E-state index in [0.717, 1.165) is 11.2 Å². The Morgan fingerprint density at radius 3 is 1.62 bits per heavy atom. The van der Waals surface area contributed by atoms with E-state index in [2.05, 4.69) is 158 Å². The lowest BCUT2D eigenvalue weighted by molar-refractivity contribution is 0.669. The molecule has 222 valence electrons. The number of thiophene rings is 1. The quantitative estimate of drug-likeness (QED) is 0.140. The Bertz CT molecular complexity index is 3010. The highest BCUT2D eigenvalue weighted by atomic mass is 32.1. The van der Waals surface area contributed by atoms with Crippen molar-refractivity contribution in [3.05, 3.63) is 158 Å². The van der Waals surface area contributed by atoms with E-state index in [1.54, 1.807) is 0 Å². The molecule has 0 bridgehead atoms. The van der Waals surface area contributed by atoms with Gasteiger partial charge < -0.3 is 4.42 Å². The lowest BCUT2D eigenvalue weighted by Crippen LogP contribution is -1.93. The third-order valence-corrected chi connectivity index (χ3v) is 11.5. The van der Waals surface area contributed by atoms with Crippen LogP contribution in [-0.4, -0.2) is 0 Å². The van der Waals surface area contributed by atoms with Crippen molar-refractivity contribution in [2.45, 2.75) is 0 Å². The minimum atomic E-state index is 0.940. The molecule has 2 aromatic heterocycles. The minimum absolute atomic E-state index is 0.940. The maximum atomic E-state index is 6.36. The van der Waals surface area contributed by atoms with Gasteiger partial charge in [-0.05, 0) is 84.4 Å². The molecule has 2 heteroatoms. The lowest BCUT2D eigenvalue weighted by atomic mass is 9.82. The fraction of sp³-hybridized carbons (Fsp3) is 0. The van der Waals surface area contributed by atoms with Gasteiger partial charge in [-0.1, -0.05) is 133 Å². The topological polar surface area (TPSA) is 13.1 Å². The van der Waals surface area contributed by atoms with E-state index in [9.17, 15) is 0 Å². The van der Waals surface area contributed by atoms with E-state index in [1.807, 2.05) is 11.3 Å². The summed E-state index contributed by atoms with van der Waals surface area (Å²) < 4.78 is 9.02. The summed E-state index contributed by atoms with van der Waals surface area (Å²) in [5.74, 6) is 0. The van der Waals surface area contributed by atoms with Crippen LogP contribution in [0.1, 0.15) is 0 Å². The number of rotatable bonds is 3. The van der Waals surface area contributed by atoms with Crippen molar-refractivity contribution >= 4 is 85.8 Å². The molecule has 0 spiro atoms. The van der Waals surface area contributed by atoms with Gasteiger partial charge in [-0.2, -0.15) is 0 Å². The summed E-state index contributed by atoms with van der Waals surface area (Å²) in [5.41, 5.74) is 9.46. The molecular weight excluding hydrogens is 601 g/mol. The Labute approximate surface area is 280 Å². The highest BCUT2D eigenvalue weighted by Crippen LogP contribution is 2.50. The first-order valence-corrected chi connectivity index (χ1v) is 17.3. The molecule has 0 fully saturated rings. The molecule has 11 aromatic rings. The molecule has 2 heterocycles. The van der Waals surface area contributed by atoms with Crippen molar-refractivity contribution < 1.29 is 4.42 Å². The second kappa shape index (κ2) is 9.78. The molecule has 11 rings (SSSR count). The van der Waals surface area contributed by atoms with Gasteiger partial charge in [-0.3, -0.25) is 0 Å². The van der Waals surface area contributed by atoms with Gasteiger partial charge >= 0.3 is 0 Å². The van der Waals surface area contributed by atoms with Crippen molar-refractivity contribution in [3.63, 3.8) is 0 Å². The van der Waals surface area contributed by atoms with Gasteiger partial charge in [0.2, 0.25) is 0 Å². The largest absolute Gasteiger partial charge is 0.456 e. The Morgan fingerprint density at radius 1 is 0.354 bits per heavy atom. The van der Waals surface area contributed by atoms with Crippen LogP contribution in [0.3, 0.4) is 0 Å². The summed E-state index contributed by atoms with van der Waals surface area (Å²) >= 11 is 1.89. The smallest absolute Gasteiger partial charge is 0.136 e. The van der Waals surface area contributed by atoms with Gasteiger partial charge in [0, 0.05) is 36.5 Å². The highest BCUT2D eigenvalue weighted by molar-refractivity contribution is 7.26. The van der Waals surface area contributed by atoms with Gasteiger partial charge in [0.1, 0.15) is 11.2 Å². The van der Waals surface area contributed by atoms with Crippen LogP contribution in [0.15, 0.2) is 162 Å². The van der Waals surface area contributed by atoms with E-state index in [1.165, 1.54) is 96.6 Å². The summed E-state index contributed by atoms with van der Waals surface area (Å²) in [6.07, 6.45) is 0. The summed E-state index contributed by atoms with van der Waals surface area (Å²) in [6.45, 7) is 0. The maximum absolute atomic E-state index is 6.36. The maximum Gasteiger partial charge on any atom is 0.136 e. The fourth-order valence-corrected chi connectivity index (χ4v) is 9.51. The van der Waals surface area contributed by atoms with Crippen LogP contribution in [0.2, 0.25) is 0 Å². The first-order chi connectivity index (χ1) is 23.8. The van der Waals surface area contributed by atoms with Crippen LogP contribution in [0.5, 0.6) is 0 Å². The van der Waals surface area contributed by atoms with Crippen LogP contribution in [-0.2, 0) is 0 Å². The molecule has 0 N–H and O–H groups in total. The van der Waals surface area contributed by atoms with Crippen molar-refractivity contribution in [1.82, 2.24) is 0 Å². The molecule has 0 unspecified atom stereocenters.